The average molecular weight is 179 g/mol. The molecule has 1 amide bonds. The van der Waals surface area contributed by atoms with Crippen LogP contribution >= 0.6 is 0 Å². The van der Waals surface area contributed by atoms with Crippen LogP contribution in [0.1, 0.15) is 10.5 Å². The Kier molecular flexibility index (Phi) is 2.74. The van der Waals surface area contributed by atoms with Crippen molar-refractivity contribution in [2.45, 2.75) is 0 Å². The van der Waals surface area contributed by atoms with Gasteiger partial charge in [-0.1, -0.05) is 6.08 Å². The fourth-order valence-electron chi connectivity index (χ4n) is 1.07. The highest BCUT2D eigenvalue weighted by Gasteiger charge is 2.08. The first kappa shape index (κ1) is 9.38. The molecule has 0 radical (unpaired) electrons. The van der Waals surface area contributed by atoms with Crippen LogP contribution in [0.5, 0.6) is 0 Å². The zero-order valence-electron chi connectivity index (χ0n) is 7.58. The molecule has 0 atom stereocenters. The highest BCUT2D eigenvalue weighted by molar-refractivity contribution is 5.93. The zero-order chi connectivity index (χ0) is 9.84. The Morgan fingerprint density at radius 2 is 2.54 bits per heavy atom. The summed E-state index contributed by atoms with van der Waals surface area (Å²) >= 11 is 0. The van der Waals surface area contributed by atoms with E-state index >= 15 is 0 Å². The van der Waals surface area contributed by atoms with Gasteiger partial charge in [0.25, 0.3) is 5.91 Å². The summed E-state index contributed by atoms with van der Waals surface area (Å²) in [5, 5.41) is 2.67. The molecule has 4 heteroatoms. The van der Waals surface area contributed by atoms with Gasteiger partial charge in [-0.2, -0.15) is 0 Å². The quantitative estimate of drug-likeness (QED) is 0.665. The number of rotatable bonds is 3. The third-order valence-electron chi connectivity index (χ3n) is 1.67. The summed E-state index contributed by atoms with van der Waals surface area (Å²) in [6.45, 7) is 3.97. The van der Waals surface area contributed by atoms with Gasteiger partial charge in [-0.15, -0.1) is 6.58 Å². The number of anilines is 1. The van der Waals surface area contributed by atoms with Gasteiger partial charge in [-0.25, -0.2) is 0 Å². The fraction of sp³-hybridized carbons (Fsp3) is 0.222. The Hall–Kier alpha value is -1.71. The number of nitrogens with two attached hydrogens (primary N) is 1. The maximum atomic E-state index is 11.4. The minimum absolute atomic E-state index is 0.140. The van der Waals surface area contributed by atoms with Crippen molar-refractivity contribution in [1.29, 1.82) is 0 Å². The predicted molar refractivity (Wildman–Crippen MR) is 52.4 cm³/mol. The van der Waals surface area contributed by atoms with E-state index in [4.69, 9.17) is 5.73 Å². The first-order chi connectivity index (χ1) is 6.15. The first-order valence-corrected chi connectivity index (χ1v) is 3.96. The standard InChI is InChI=1S/C9H13N3O/c1-3-4-11-9(13)8-5-7(10)6-12(8)2/h3,5-6H,1,4,10H2,2H3,(H,11,13). The van der Waals surface area contributed by atoms with Crippen molar-refractivity contribution in [3.05, 3.63) is 30.6 Å². The van der Waals surface area contributed by atoms with Gasteiger partial charge < -0.3 is 15.6 Å². The van der Waals surface area contributed by atoms with Crippen LogP contribution in [0.25, 0.3) is 0 Å². The number of carbonyl (C=O) groups is 1. The Bertz CT molecular complexity index is 328. The van der Waals surface area contributed by atoms with E-state index in [-0.39, 0.29) is 5.91 Å². The number of aryl methyl sites for hydroxylation is 1. The lowest BCUT2D eigenvalue weighted by Gasteiger charge is -2.02. The minimum atomic E-state index is -0.140. The molecule has 0 aliphatic heterocycles. The summed E-state index contributed by atoms with van der Waals surface area (Å²) in [5.41, 5.74) is 6.67. The Morgan fingerprint density at radius 1 is 1.85 bits per heavy atom. The number of nitrogen functional groups attached to an aromatic ring is 1. The molecule has 0 unspecified atom stereocenters. The smallest absolute Gasteiger partial charge is 0.268 e. The fourth-order valence-corrected chi connectivity index (χ4v) is 1.07. The number of amides is 1. The largest absolute Gasteiger partial charge is 0.397 e. The van der Waals surface area contributed by atoms with Crippen LogP contribution in [0.3, 0.4) is 0 Å². The Labute approximate surface area is 77.0 Å². The molecule has 4 nitrogen and oxygen atoms in total. The van der Waals surface area contributed by atoms with Gasteiger partial charge in [-0.3, -0.25) is 4.79 Å². The molecule has 0 aromatic carbocycles. The van der Waals surface area contributed by atoms with E-state index in [0.717, 1.165) is 0 Å². The van der Waals surface area contributed by atoms with Crippen molar-refractivity contribution in [2.24, 2.45) is 7.05 Å². The van der Waals surface area contributed by atoms with Crippen molar-refractivity contribution >= 4 is 11.6 Å². The summed E-state index contributed by atoms with van der Waals surface area (Å²) in [7, 11) is 1.78. The van der Waals surface area contributed by atoms with Gasteiger partial charge in [0.2, 0.25) is 0 Å². The topological polar surface area (TPSA) is 60.1 Å². The minimum Gasteiger partial charge on any atom is -0.397 e. The van der Waals surface area contributed by atoms with Crippen LogP contribution in [0, 0.1) is 0 Å². The summed E-state index contributed by atoms with van der Waals surface area (Å²) in [6, 6.07) is 1.64. The van der Waals surface area contributed by atoms with Gasteiger partial charge in [0.05, 0.1) is 5.69 Å². The molecule has 0 bridgehead atoms. The molecule has 1 rings (SSSR count). The summed E-state index contributed by atoms with van der Waals surface area (Å²) < 4.78 is 1.69. The Morgan fingerprint density at radius 3 is 3.00 bits per heavy atom. The number of hydrogen-bond donors (Lipinski definition) is 2. The van der Waals surface area contributed by atoms with E-state index < -0.39 is 0 Å². The highest BCUT2D eigenvalue weighted by Crippen LogP contribution is 2.07. The van der Waals surface area contributed by atoms with Crippen LogP contribution in [0.4, 0.5) is 5.69 Å². The van der Waals surface area contributed by atoms with Crippen molar-refractivity contribution in [3.63, 3.8) is 0 Å². The van der Waals surface area contributed by atoms with Gasteiger partial charge in [-0.05, 0) is 6.07 Å². The number of nitrogens with zero attached hydrogens (tertiary/aromatic N) is 1. The summed E-state index contributed by atoms with van der Waals surface area (Å²) in [6.07, 6.45) is 3.33. The molecular weight excluding hydrogens is 166 g/mol. The first-order valence-electron chi connectivity index (χ1n) is 3.96. The monoisotopic (exact) mass is 179 g/mol. The molecule has 13 heavy (non-hydrogen) atoms. The molecule has 70 valence electrons. The number of carbonyl (C=O) groups excluding carboxylic acids is 1. The SMILES string of the molecule is C=CCNC(=O)c1cc(N)cn1C. The van der Waals surface area contributed by atoms with Crippen LogP contribution in [-0.4, -0.2) is 17.0 Å². The van der Waals surface area contributed by atoms with Crippen molar-refractivity contribution in [1.82, 2.24) is 9.88 Å². The lowest BCUT2D eigenvalue weighted by atomic mass is 10.4. The molecule has 0 aliphatic rings. The normalized spacial score (nSPS) is 9.62. The third-order valence-corrected chi connectivity index (χ3v) is 1.67. The van der Waals surface area contributed by atoms with E-state index in [9.17, 15) is 4.79 Å². The molecular formula is C9H13N3O. The van der Waals surface area contributed by atoms with Gasteiger partial charge in [0.15, 0.2) is 0 Å². The second kappa shape index (κ2) is 3.80. The van der Waals surface area contributed by atoms with Gasteiger partial charge in [0, 0.05) is 19.8 Å². The van der Waals surface area contributed by atoms with Crippen LogP contribution in [0.2, 0.25) is 0 Å². The lowest BCUT2D eigenvalue weighted by Crippen LogP contribution is -2.25. The molecule has 0 saturated heterocycles. The predicted octanol–water partition coefficient (Wildman–Crippen LogP) is 0.523. The van der Waals surface area contributed by atoms with Gasteiger partial charge in [0.1, 0.15) is 5.69 Å². The second-order valence-electron chi connectivity index (χ2n) is 2.77. The third kappa shape index (κ3) is 2.11. The van der Waals surface area contributed by atoms with Gasteiger partial charge >= 0.3 is 0 Å². The lowest BCUT2D eigenvalue weighted by molar-refractivity contribution is 0.0950. The van der Waals surface area contributed by atoms with E-state index in [1.54, 1.807) is 30.0 Å². The maximum absolute atomic E-state index is 11.4. The van der Waals surface area contributed by atoms with E-state index in [0.29, 0.717) is 17.9 Å². The van der Waals surface area contributed by atoms with Crippen molar-refractivity contribution in [3.8, 4) is 0 Å². The molecule has 1 heterocycles. The van der Waals surface area contributed by atoms with Crippen LogP contribution in [0.15, 0.2) is 24.9 Å². The second-order valence-corrected chi connectivity index (χ2v) is 2.77. The molecule has 0 aliphatic carbocycles. The number of aromatic nitrogens is 1. The summed E-state index contributed by atoms with van der Waals surface area (Å²) in [5.74, 6) is -0.140. The molecule has 0 saturated carbocycles. The molecule has 0 spiro atoms. The molecule has 1 aromatic rings. The van der Waals surface area contributed by atoms with E-state index in [2.05, 4.69) is 11.9 Å². The maximum Gasteiger partial charge on any atom is 0.268 e. The molecule has 0 fully saturated rings. The molecule has 1 aromatic heterocycles. The van der Waals surface area contributed by atoms with E-state index in [1.807, 2.05) is 0 Å². The number of nitrogens with one attached hydrogen (secondary N) is 1. The van der Waals surface area contributed by atoms with Crippen molar-refractivity contribution < 1.29 is 4.79 Å². The Balaban J connectivity index is 2.76. The molecule has 3 N–H and O–H groups in total. The zero-order valence-corrected chi connectivity index (χ0v) is 7.58. The number of hydrogen-bond acceptors (Lipinski definition) is 2. The summed E-state index contributed by atoms with van der Waals surface area (Å²) in [4.78, 5) is 11.4. The van der Waals surface area contributed by atoms with Crippen LogP contribution in [-0.2, 0) is 7.05 Å². The highest BCUT2D eigenvalue weighted by atomic mass is 16.1. The van der Waals surface area contributed by atoms with E-state index in [1.165, 1.54) is 0 Å². The van der Waals surface area contributed by atoms with Crippen molar-refractivity contribution in [2.75, 3.05) is 12.3 Å². The van der Waals surface area contributed by atoms with Crippen LogP contribution < -0.4 is 11.1 Å². The average Bonchev–Trinajstić information content (AvgIpc) is 2.41.